The Bertz CT molecular complexity index is 481. The van der Waals surface area contributed by atoms with Gasteiger partial charge >= 0.3 is 0 Å². The molecule has 21 heavy (non-hydrogen) atoms. The minimum atomic E-state index is -0.403. The van der Waals surface area contributed by atoms with Crippen molar-refractivity contribution in [1.29, 1.82) is 0 Å². The van der Waals surface area contributed by atoms with Crippen molar-refractivity contribution >= 4 is 11.8 Å². The number of carbonyl (C=O) groups excluding carboxylic acids is 2. The van der Waals surface area contributed by atoms with Crippen LogP contribution in [-0.4, -0.2) is 38.2 Å². The van der Waals surface area contributed by atoms with Gasteiger partial charge in [-0.2, -0.15) is 0 Å². The van der Waals surface area contributed by atoms with E-state index in [9.17, 15) is 9.59 Å². The minimum absolute atomic E-state index is 0.0329. The molecule has 114 valence electrons. The number of nitrogens with one attached hydrogen (secondary N) is 2. The van der Waals surface area contributed by atoms with Gasteiger partial charge in [0.1, 0.15) is 11.9 Å². The topological polar surface area (TPSA) is 76.7 Å². The molecule has 0 aliphatic carbocycles. The number of methoxy groups -OCH3 is 1. The molecule has 1 heterocycles. The van der Waals surface area contributed by atoms with Crippen LogP contribution in [0.25, 0.3) is 0 Å². The highest BCUT2D eigenvalue weighted by Crippen LogP contribution is 2.12. The first-order valence-electron chi connectivity index (χ1n) is 6.98. The van der Waals surface area contributed by atoms with E-state index in [-0.39, 0.29) is 18.4 Å². The van der Waals surface area contributed by atoms with E-state index in [1.54, 1.807) is 7.11 Å². The summed E-state index contributed by atoms with van der Waals surface area (Å²) >= 11 is 0. The van der Waals surface area contributed by atoms with Crippen molar-refractivity contribution in [2.24, 2.45) is 0 Å². The minimum Gasteiger partial charge on any atom is -0.497 e. The molecule has 0 unspecified atom stereocenters. The fourth-order valence-corrected chi connectivity index (χ4v) is 2.07. The van der Waals surface area contributed by atoms with Crippen LogP contribution in [0.4, 0.5) is 0 Å². The SMILES string of the molecule is COc1ccc(CNC(=O)CNC(=O)[C@@H]2CCCO2)cc1. The third kappa shape index (κ3) is 4.75. The second-order valence-corrected chi connectivity index (χ2v) is 4.84. The number of hydrogen-bond donors (Lipinski definition) is 2. The molecule has 2 N–H and O–H groups in total. The van der Waals surface area contributed by atoms with Crippen molar-refractivity contribution in [3.63, 3.8) is 0 Å². The van der Waals surface area contributed by atoms with E-state index in [1.807, 2.05) is 24.3 Å². The van der Waals surface area contributed by atoms with E-state index in [4.69, 9.17) is 9.47 Å². The van der Waals surface area contributed by atoms with Gasteiger partial charge in [0, 0.05) is 13.2 Å². The largest absolute Gasteiger partial charge is 0.497 e. The van der Waals surface area contributed by atoms with E-state index in [1.165, 1.54) is 0 Å². The molecule has 1 aliphatic rings. The van der Waals surface area contributed by atoms with Crippen LogP contribution in [0.5, 0.6) is 5.75 Å². The number of carbonyl (C=O) groups is 2. The van der Waals surface area contributed by atoms with Gasteiger partial charge in [0.2, 0.25) is 11.8 Å². The third-order valence-corrected chi connectivity index (χ3v) is 3.29. The molecule has 6 nitrogen and oxygen atoms in total. The average Bonchev–Trinajstić information content (AvgIpc) is 3.05. The Labute approximate surface area is 123 Å². The van der Waals surface area contributed by atoms with Crippen LogP contribution in [0, 0.1) is 0 Å². The van der Waals surface area contributed by atoms with Gasteiger partial charge in [-0.15, -0.1) is 0 Å². The zero-order chi connectivity index (χ0) is 15.1. The summed E-state index contributed by atoms with van der Waals surface area (Å²) < 4.78 is 10.3. The summed E-state index contributed by atoms with van der Waals surface area (Å²) in [7, 11) is 1.60. The van der Waals surface area contributed by atoms with Crippen LogP contribution in [-0.2, 0) is 20.9 Å². The molecule has 2 rings (SSSR count). The maximum absolute atomic E-state index is 11.7. The van der Waals surface area contributed by atoms with Crippen LogP contribution in [0.15, 0.2) is 24.3 Å². The first-order valence-corrected chi connectivity index (χ1v) is 6.98. The lowest BCUT2D eigenvalue weighted by Crippen LogP contribution is -2.41. The first-order chi connectivity index (χ1) is 10.2. The maximum Gasteiger partial charge on any atom is 0.249 e. The molecule has 0 bridgehead atoms. The van der Waals surface area contributed by atoms with Gasteiger partial charge in [-0.25, -0.2) is 0 Å². The van der Waals surface area contributed by atoms with Crippen LogP contribution in [0.2, 0.25) is 0 Å². The van der Waals surface area contributed by atoms with Crippen molar-refractivity contribution in [2.45, 2.75) is 25.5 Å². The highest BCUT2D eigenvalue weighted by molar-refractivity contribution is 5.86. The Hall–Kier alpha value is -2.08. The molecule has 2 amide bonds. The molecular weight excluding hydrogens is 272 g/mol. The fourth-order valence-electron chi connectivity index (χ4n) is 2.07. The number of benzene rings is 1. The van der Waals surface area contributed by atoms with Crippen molar-refractivity contribution in [2.75, 3.05) is 20.3 Å². The van der Waals surface area contributed by atoms with Gasteiger partial charge in [-0.05, 0) is 30.5 Å². The lowest BCUT2D eigenvalue weighted by Gasteiger charge is -2.10. The number of hydrogen-bond acceptors (Lipinski definition) is 4. The second-order valence-electron chi connectivity index (χ2n) is 4.84. The highest BCUT2D eigenvalue weighted by atomic mass is 16.5. The molecule has 1 atom stereocenters. The molecule has 0 spiro atoms. The number of amides is 2. The van der Waals surface area contributed by atoms with Crippen LogP contribution in [0.3, 0.4) is 0 Å². The Morgan fingerprint density at radius 2 is 2.05 bits per heavy atom. The molecule has 1 aromatic rings. The summed E-state index contributed by atoms with van der Waals surface area (Å²) in [6.07, 6.45) is 1.21. The zero-order valence-electron chi connectivity index (χ0n) is 12.1. The molecule has 0 saturated carbocycles. The summed E-state index contributed by atoms with van der Waals surface area (Å²) in [5, 5.41) is 5.33. The normalized spacial score (nSPS) is 17.3. The van der Waals surface area contributed by atoms with Gasteiger partial charge in [-0.1, -0.05) is 12.1 Å². The Kier molecular flexibility index (Phi) is 5.57. The van der Waals surface area contributed by atoms with Gasteiger partial charge in [-0.3, -0.25) is 9.59 Å². The monoisotopic (exact) mass is 292 g/mol. The predicted octanol–water partition coefficient (Wildman–Crippen LogP) is 0.607. The van der Waals surface area contributed by atoms with Crippen molar-refractivity contribution < 1.29 is 19.1 Å². The number of ether oxygens (including phenoxy) is 2. The zero-order valence-corrected chi connectivity index (χ0v) is 12.1. The van der Waals surface area contributed by atoms with Gasteiger partial charge in [0.25, 0.3) is 0 Å². The smallest absolute Gasteiger partial charge is 0.249 e. The van der Waals surface area contributed by atoms with Crippen molar-refractivity contribution in [3.8, 4) is 5.75 Å². The summed E-state index contributed by atoms with van der Waals surface area (Å²) in [6.45, 7) is 0.995. The highest BCUT2D eigenvalue weighted by Gasteiger charge is 2.23. The third-order valence-electron chi connectivity index (χ3n) is 3.29. The lowest BCUT2D eigenvalue weighted by atomic mass is 10.2. The summed E-state index contributed by atoms with van der Waals surface area (Å²) in [5.41, 5.74) is 0.967. The summed E-state index contributed by atoms with van der Waals surface area (Å²) in [6, 6.07) is 7.43. The van der Waals surface area contributed by atoms with Gasteiger partial charge in [0.05, 0.1) is 13.7 Å². The molecule has 0 aromatic heterocycles. The van der Waals surface area contributed by atoms with E-state index in [2.05, 4.69) is 10.6 Å². The fraction of sp³-hybridized carbons (Fsp3) is 0.467. The average molecular weight is 292 g/mol. The Morgan fingerprint density at radius 3 is 2.67 bits per heavy atom. The van der Waals surface area contributed by atoms with Crippen LogP contribution in [0.1, 0.15) is 18.4 Å². The molecule has 6 heteroatoms. The van der Waals surface area contributed by atoms with Crippen molar-refractivity contribution in [3.05, 3.63) is 29.8 Å². The summed E-state index contributed by atoms with van der Waals surface area (Å²) in [5.74, 6) is 0.332. The van der Waals surface area contributed by atoms with E-state index >= 15 is 0 Å². The Morgan fingerprint density at radius 1 is 1.29 bits per heavy atom. The van der Waals surface area contributed by atoms with Gasteiger partial charge in [0.15, 0.2) is 0 Å². The maximum atomic E-state index is 11.7. The molecule has 0 radical (unpaired) electrons. The van der Waals surface area contributed by atoms with E-state index in [0.717, 1.165) is 24.2 Å². The first kappa shape index (κ1) is 15.3. The predicted molar refractivity (Wildman–Crippen MR) is 76.8 cm³/mol. The molecule has 1 saturated heterocycles. The van der Waals surface area contributed by atoms with E-state index < -0.39 is 6.10 Å². The van der Waals surface area contributed by atoms with Crippen LogP contribution >= 0.6 is 0 Å². The Balaban J connectivity index is 1.67. The standard InChI is InChI=1S/C15H20N2O4/c1-20-12-6-4-11(5-7-12)9-16-14(18)10-17-15(19)13-3-2-8-21-13/h4-7,13H,2-3,8-10H2,1H3,(H,16,18)(H,17,19)/t13-/m0/s1. The van der Waals surface area contributed by atoms with Crippen molar-refractivity contribution in [1.82, 2.24) is 10.6 Å². The lowest BCUT2D eigenvalue weighted by molar-refractivity contribution is -0.132. The number of rotatable bonds is 6. The van der Waals surface area contributed by atoms with E-state index in [0.29, 0.717) is 13.2 Å². The molecule has 1 aliphatic heterocycles. The summed E-state index contributed by atoms with van der Waals surface area (Å²) in [4.78, 5) is 23.3. The molecule has 1 aromatic carbocycles. The van der Waals surface area contributed by atoms with Gasteiger partial charge < -0.3 is 20.1 Å². The quantitative estimate of drug-likeness (QED) is 0.805. The molecule has 1 fully saturated rings. The second kappa shape index (κ2) is 7.64. The van der Waals surface area contributed by atoms with Crippen LogP contribution < -0.4 is 15.4 Å². The molecular formula is C15H20N2O4.